The van der Waals surface area contributed by atoms with Gasteiger partial charge in [0.15, 0.2) is 6.29 Å². The summed E-state index contributed by atoms with van der Waals surface area (Å²) in [5.74, 6) is 2.52. The first-order valence-corrected chi connectivity index (χ1v) is 12.0. The van der Waals surface area contributed by atoms with Crippen LogP contribution in [0.5, 0.6) is 0 Å². The van der Waals surface area contributed by atoms with Crippen molar-refractivity contribution in [2.75, 3.05) is 6.61 Å². The summed E-state index contributed by atoms with van der Waals surface area (Å²) < 4.78 is 12.3. The van der Waals surface area contributed by atoms with Crippen LogP contribution in [0.4, 0.5) is 0 Å². The molecule has 3 unspecified atom stereocenters. The Morgan fingerprint density at radius 1 is 1.07 bits per heavy atom. The molecule has 0 N–H and O–H groups in total. The predicted molar refractivity (Wildman–Crippen MR) is 123 cm³/mol. The molecule has 0 amide bonds. The summed E-state index contributed by atoms with van der Waals surface area (Å²) in [4.78, 5) is 0. The molecule has 29 heavy (non-hydrogen) atoms. The fourth-order valence-electron chi connectivity index (χ4n) is 5.56. The van der Waals surface area contributed by atoms with E-state index in [2.05, 4.69) is 53.7 Å². The Morgan fingerprint density at radius 3 is 2.45 bits per heavy atom. The zero-order valence-corrected chi connectivity index (χ0v) is 20.1. The summed E-state index contributed by atoms with van der Waals surface area (Å²) in [5, 5.41) is 0. The zero-order valence-electron chi connectivity index (χ0n) is 20.1. The highest BCUT2D eigenvalue weighted by Crippen LogP contribution is 2.57. The molecule has 0 saturated heterocycles. The van der Waals surface area contributed by atoms with Gasteiger partial charge in [0, 0.05) is 6.42 Å². The summed E-state index contributed by atoms with van der Waals surface area (Å²) in [6.07, 6.45) is 14.2. The Morgan fingerprint density at radius 2 is 1.83 bits per heavy atom. The zero-order chi connectivity index (χ0) is 21.2. The smallest absolute Gasteiger partial charge is 0.196 e. The number of allylic oxidation sites excluding steroid dienone is 5. The lowest BCUT2D eigenvalue weighted by molar-refractivity contribution is -0.0986. The lowest BCUT2D eigenvalue weighted by atomic mass is 9.62. The predicted octanol–water partition coefficient (Wildman–Crippen LogP) is 7.96. The van der Waals surface area contributed by atoms with Crippen LogP contribution in [0.1, 0.15) is 99.8 Å². The van der Waals surface area contributed by atoms with E-state index in [0.717, 1.165) is 25.2 Å². The summed E-state index contributed by atoms with van der Waals surface area (Å²) in [5.41, 5.74) is 5.39. The molecule has 3 aliphatic rings. The van der Waals surface area contributed by atoms with Crippen LogP contribution in [0, 0.1) is 22.7 Å². The van der Waals surface area contributed by atoms with E-state index in [4.69, 9.17) is 9.47 Å². The van der Waals surface area contributed by atoms with Crippen LogP contribution in [0.3, 0.4) is 0 Å². The van der Waals surface area contributed by atoms with Gasteiger partial charge in [-0.2, -0.15) is 0 Å². The first-order valence-electron chi connectivity index (χ1n) is 12.0. The van der Waals surface area contributed by atoms with Gasteiger partial charge in [0.25, 0.3) is 0 Å². The highest BCUT2D eigenvalue weighted by atomic mass is 16.7. The molecule has 0 fully saturated rings. The second kappa shape index (κ2) is 9.00. The summed E-state index contributed by atoms with van der Waals surface area (Å²) in [6.45, 7) is 17.3. The van der Waals surface area contributed by atoms with Gasteiger partial charge in [0.05, 0.1) is 6.61 Å². The second-order valence-electron chi connectivity index (χ2n) is 11.3. The van der Waals surface area contributed by atoms with E-state index in [9.17, 15) is 0 Å². The van der Waals surface area contributed by atoms with Crippen molar-refractivity contribution in [3.8, 4) is 0 Å². The highest BCUT2D eigenvalue weighted by Gasteiger charge is 2.47. The van der Waals surface area contributed by atoms with Crippen molar-refractivity contribution in [1.82, 2.24) is 0 Å². The largest absolute Gasteiger partial charge is 0.470 e. The lowest BCUT2D eigenvalue weighted by Gasteiger charge is -2.43. The molecular weight excluding hydrogens is 356 g/mol. The van der Waals surface area contributed by atoms with E-state index in [0.29, 0.717) is 22.7 Å². The minimum atomic E-state index is -0.172. The van der Waals surface area contributed by atoms with Gasteiger partial charge in [-0.15, -0.1) is 0 Å². The number of hydrogen-bond acceptors (Lipinski definition) is 2. The van der Waals surface area contributed by atoms with Gasteiger partial charge >= 0.3 is 0 Å². The normalized spacial score (nSPS) is 26.7. The quantitative estimate of drug-likeness (QED) is 0.319. The molecule has 0 radical (unpaired) electrons. The van der Waals surface area contributed by atoms with Gasteiger partial charge < -0.3 is 9.47 Å². The fraction of sp³-hybridized carbons (Fsp3) is 0.778. The maximum Gasteiger partial charge on any atom is 0.196 e. The van der Waals surface area contributed by atoms with Crippen molar-refractivity contribution in [2.24, 2.45) is 22.7 Å². The Balaban J connectivity index is 1.68. The first kappa shape index (κ1) is 22.7. The monoisotopic (exact) mass is 400 g/mol. The maximum absolute atomic E-state index is 6.24. The minimum Gasteiger partial charge on any atom is -0.470 e. The average Bonchev–Trinajstić information content (AvgIpc) is 3.07. The minimum absolute atomic E-state index is 0.172. The Kier molecular flexibility index (Phi) is 7.03. The lowest BCUT2D eigenvalue weighted by Crippen LogP contribution is -2.35. The summed E-state index contributed by atoms with van der Waals surface area (Å²) >= 11 is 0. The second-order valence-corrected chi connectivity index (χ2v) is 11.3. The molecule has 3 rings (SSSR count). The summed E-state index contributed by atoms with van der Waals surface area (Å²) in [6, 6.07) is 0. The van der Waals surface area contributed by atoms with Gasteiger partial charge in [-0.05, 0) is 85.3 Å². The topological polar surface area (TPSA) is 18.5 Å². The van der Waals surface area contributed by atoms with E-state index in [-0.39, 0.29) is 6.29 Å². The molecule has 164 valence electrons. The van der Waals surface area contributed by atoms with Crippen LogP contribution in [-0.2, 0) is 9.47 Å². The van der Waals surface area contributed by atoms with Crippen LogP contribution in [0.15, 0.2) is 34.6 Å². The summed E-state index contributed by atoms with van der Waals surface area (Å²) in [7, 11) is 0. The molecule has 3 atom stereocenters. The van der Waals surface area contributed by atoms with E-state index < -0.39 is 0 Å². The van der Waals surface area contributed by atoms with Gasteiger partial charge in [-0.1, -0.05) is 59.6 Å². The molecule has 0 aliphatic heterocycles. The molecule has 0 aromatic carbocycles. The van der Waals surface area contributed by atoms with Crippen LogP contribution in [-0.4, -0.2) is 12.9 Å². The third kappa shape index (κ3) is 5.37. The molecule has 2 heteroatoms. The molecule has 0 aromatic rings. The molecule has 0 spiro atoms. The highest BCUT2D eigenvalue weighted by molar-refractivity contribution is 5.39. The number of rotatable bonds is 7. The van der Waals surface area contributed by atoms with E-state index >= 15 is 0 Å². The number of hydrogen-bond donors (Lipinski definition) is 0. The van der Waals surface area contributed by atoms with Gasteiger partial charge in [-0.25, -0.2) is 0 Å². The van der Waals surface area contributed by atoms with Crippen LogP contribution in [0.2, 0.25) is 0 Å². The van der Waals surface area contributed by atoms with Gasteiger partial charge in [0.2, 0.25) is 0 Å². The Bertz CT molecular complexity index is 671. The van der Waals surface area contributed by atoms with Crippen LogP contribution in [0.25, 0.3) is 0 Å². The van der Waals surface area contributed by atoms with Crippen molar-refractivity contribution >= 4 is 0 Å². The molecule has 2 nitrogen and oxygen atoms in total. The third-order valence-corrected chi connectivity index (χ3v) is 7.68. The molecule has 0 bridgehead atoms. The third-order valence-electron chi connectivity index (χ3n) is 7.68. The van der Waals surface area contributed by atoms with E-state index in [1.807, 2.05) is 6.92 Å². The van der Waals surface area contributed by atoms with Gasteiger partial charge in [0.1, 0.15) is 5.76 Å². The maximum atomic E-state index is 6.24. The van der Waals surface area contributed by atoms with Gasteiger partial charge in [-0.3, -0.25) is 0 Å². The molecule has 0 saturated carbocycles. The van der Waals surface area contributed by atoms with Crippen molar-refractivity contribution in [1.29, 1.82) is 0 Å². The SMILES string of the molecule is CCC(C)(C)C1C2=C(C=C(OC(C)OCC3=CCCCC3)CC2)CC1C(C)(C)C. The van der Waals surface area contributed by atoms with Crippen LogP contribution < -0.4 is 0 Å². The molecular formula is C27H44O2. The van der Waals surface area contributed by atoms with E-state index in [1.54, 1.807) is 11.1 Å². The average molecular weight is 401 g/mol. The standard InChI is InChI=1S/C27H44O2/c1-8-27(6,7)25-23-15-14-22(16-21(23)17-24(25)26(3,4)5)29-19(2)28-18-20-12-10-9-11-13-20/h12,16,19,24-25H,8-11,13-15,17-18H2,1-7H3. The van der Waals surface area contributed by atoms with E-state index in [1.165, 1.54) is 44.1 Å². The van der Waals surface area contributed by atoms with Crippen molar-refractivity contribution in [2.45, 2.75) is 106 Å². The van der Waals surface area contributed by atoms with Crippen molar-refractivity contribution in [3.63, 3.8) is 0 Å². The van der Waals surface area contributed by atoms with Crippen molar-refractivity contribution in [3.05, 3.63) is 34.6 Å². The Hall–Kier alpha value is -1.02. The number of ether oxygens (including phenoxy) is 2. The van der Waals surface area contributed by atoms with Crippen LogP contribution >= 0.6 is 0 Å². The first-order chi connectivity index (χ1) is 13.6. The molecule has 0 aromatic heterocycles. The molecule has 0 heterocycles. The Labute approximate surface area is 179 Å². The van der Waals surface area contributed by atoms with Crippen molar-refractivity contribution < 1.29 is 9.47 Å². The fourth-order valence-corrected chi connectivity index (χ4v) is 5.56. The molecule has 3 aliphatic carbocycles.